The zero-order valence-corrected chi connectivity index (χ0v) is 14.5. The molecule has 0 saturated carbocycles. The van der Waals surface area contributed by atoms with Crippen LogP contribution in [0.3, 0.4) is 0 Å². The molecular weight excluding hydrogens is 381 g/mol. The molecule has 0 unspecified atom stereocenters. The highest BCUT2D eigenvalue weighted by Crippen LogP contribution is 2.38. The molecule has 11 heteroatoms. The summed E-state index contributed by atoms with van der Waals surface area (Å²) in [6.45, 7) is 0.459. The van der Waals surface area contributed by atoms with Crippen molar-refractivity contribution in [2.45, 2.75) is 6.18 Å². The number of nitrogens with zero attached hydrogens (tertiary/aromatic N) is 4. The van der Waals surface area contributed by atoms with Gasteiger partial charge in [-0.3, -0.25) is 10.1 Å². The van der Waals surface area contributed by atoms with Gasteiger partial charge in [0.15, 0.2) is 0 Å². The fourth-order valence-electron chi connectivity index (χ4n) is 2.43. The van der Waals surface area contributed by atoms with E-state index in [-0.39, 0.29) is 18.9 Å². The van der Waals surface area contributed by atoms with Crippen molar-refractivity contribution < 1.29 is 28.3 Å². The number of rotatable bonds is 8. The van der Waals surface area contributed by atoms with Gasteiger partial charge in [-0.2, -0.15) is 23.4 Å². The summed E-state index contributed by atoms with van der Waals surface area (Å²) in [6, 6.07) is 8.85. The molecule has 2 aromatic carbocycles. The molecule has 0 bridgehead atoms. The van der Waals surface area contributed by atoms with Gasteiger partial charge in [0.05, 0.1) is 29.5 Å². The van der Waals surface area contributed by atoms with Gasteiger partial charge in [-0.15, -0.1) is 0 Å². The van der Waals surface area contributed by atoms with Crippen LogP contribution in [0.1, 0.15) is 5.56 Å². The lowest BCUT2D eigenvalue weighted by Crippen LogP contribution is -2.29. The molecule has 0 aliphatic heterocycles. The van der Waals surface area contributed by atoms with Crippen LogP contribution in [0, 0.1) is 10.1 Å². The van der Waals surface area contributed by atoms with Crippen molar-refractivity contribution in [3.05, 3.63) is 58.1 Å². The summed E-state index contributed by atoms with van der Waals surface area (Å²) in [6.07, 6.45) is -4.89. The largest absolute Gasteiger partial charge is 0.423 e. The van der Waals surface area contributed by atoms with Gasteiger partial charge < -0.3 is 15.1 Å². The van der Waals surface area contributed by atoms with E-state index in [0.29, 0.717) is 24.8 Å². The van der Waals surface area contributed by atoms with Gasteiger partial charge in [0.2, 0.25) is 0 Å². The standard InChI is InChI=1S/C17H17F3N4O4/c18-17(19,20)15-11-13(3-6-16(15)24(27)28)22-21-12-1-4-14(5-2-12)23(7-9-25)8-10-26/h1-6,11,25-26H,7-10H2. The topological polar surface area (TPSA) is 112 Å². The van der Waals surface area contributed by atoms with Crippen molar-refractivity contribution in [1.82, 2.24) is 0 Å². The Balaban J connectivity index is 2.22. The monoisotopic (exact) mass is 398 g/mol. The Labute approximate surface area is 157 Å². The predicted molar refractivity (Wildman–Crippen MR) is 95.1 cm³/mol. The molecule has 0 aliphatic rings. The number of aliphatic hydroxyl groups is 2. The van der Waals surface area contributed by atoms with Gasteiger partial charge in [-0.05, 0) is 36.4 Å². The number of benzene rings is 2. The summed E-state index contributed by atoms with van der Waals surface area (Å²) in [5.41, 5.74) is -1.55. The minimum atomic E-state index is -4.89. The molecule has 0 aliphatic carbocycles. The second-order valence-corrected chi connectivity index (χ2v) is 5.61. The van der Waals surface area contributed by atoms with Crippen LogP contribution >= 0.6 is 0 Å². The quantitative estimate of drug-likeness (QED) is 0.399. The van der Waals surface area contributed by atoms with Gasteiger partial charge in [0, 0.05) is 24.8 Å². The lowest BCUT2D eigenvalue weighted by Gasteiger charge is -2.22. The number of halogens is 3. The van der Waals surface area contributed by atoms with Gasteiger partial charge in [0.1, 0.15) is 5.56 Å². The zero-order valence-electron chi connectivity index (χ0n) is 14.5. The van der Waals surface area contributed by atoms with E-state index in [0.717, 1.165) is 17.8 Å². The van der Waals surface area contributed by atoms with Gasteiger partial charge in [0.25, 0.3) is 5.69 Å². The normalized spacial score (nSPS) is 11.8. The number of aliphatic hydroxyl groups excluding tert-OH is 2. The fraction of sp³-hybridized carbons (Fsp3) is 0.294. The predicted octanol–water partition coefficient (Wildman–Crippen LogP) is 3.82. The Morgan fingerprint density at radius 1 is 0.964 bits per heavy atom. The second kappa shape index (κ2) is 9.24. The highest BCUT2D eigenvalue weighted by Gasteiger charge is 2.38. The van der Waals surface area contributed by atoms with Crippen LogP contribution in [0.15, 0.2) is 52.7 Å². The van der Waals surface area contributed by atoms with Crippen molar-refractivity contribution in [3.63, 3.8) is 0 Å². The number of hydrogen-bond acceptors (Lipinski definition) is 7. The highest BCUT2D eigenvalue weighted by molar-refractivity contribution is 5.54. The van der Waals surface area contributed by atoms with E-state index >= 15 is 0 Å². The molecule has 0 radical (unpaired) electrons. The van der Waals surface area contributed by atoms with E-state index in [1.54, 1.807) is 29.2 Å². The smallest absolute Gasteiger partial charge is 0.395 e. The van der Waals surface area contributed by atoms with Crippen LogP contribution in [0.2, 0.25) is 0 Å². The first kappa shape index (κ1) is 21.3. The fourth-order valence-corrected chi connectivity index (χ4v) is 2.43. The average Bonchev–Trinajstić information content (AvgIpc) is 2.65. The molecule has 2 N–H and O–H groups in total. The van der Waals surface area contributed by atoms with Crippen molar-refractivity contribution in [1.29, 1.82) is 0 Å². The summed E-state index contributed by atoms with van der Waals surface area (Å²) < 4.78 is 38.9. The van der Waals surface area contributed by atoms with Crippen LogP contribution in [0.5, 0.6) is 0 Å². The molecule has 2 rings (SSSR count). The summed E-state index contributed by atoms with van der Waals surface area (Å²) in [5, 5.41) is 36.4. The number of anilines is 1. The molecule has 2 aromatic rings. The summed E-state index contributed by atoms with van der Waals surface area (Å²) >= 11 is 0. The molecule has 150 valence electrons. The van der Waals surface area contributed by atoms with Crippen LogP contribution in [-0.2, 0) is 6.18 Å². The van der Waals surface area contributed by atoms with Crippen molar-refractivity contribution >= 4 is 22.7 Å². The SMILES string of the molecule is O=[N+]([O-])c1ccc(N=Nc2ccc(N(CCO)CCO)cc2)cc1C(F)(F)F. The zero-order chi connectivity index (χ0) is 20.7. The Kier molecular flexibility index (Phi) is 7.01. The Morgan fingerprint density at radius 3 is 2.00 bits per heavy atom. The Hall–Kier alpha value is -3.05. The molecule has 28 heavy (non-hydrogen) atoms. The molecule has 0 aromatic heterocycles. The molecule has 8 nitrogen and oxygen atoms in total. The third kappa shape index (κ3) is 5.47. The molecule has 0 atom stereocenters. The minimum absolute atomic E-state index is 0.0941. The van der Waals surface area contributed by atoms with E-state index < -0.39 is 22.4 Å². The van der Waals surface area contributed by atoms with E-state index in [2.05, 4.69) is 10.2 Å². The third-order valence-electron chi connectivity index (χ3n) is 3.72. The Morgan fingerprint density at radius 2 is 1.50 bits per heavy atom. The van der Waals surface area contributed by atoms with Crippen LogP contribution in [-0.4, -0.2) is 41.4 Å². The number of nitro groups is 1. The number of alkyl halides is 3. The van der Waals surface area contributed by atoms with Crippen molar-refractivity contribution in [2.24, 2.45) is 10.2 Å². The van der Waals surface area contributed by atoms with E-state index in [4.69, 9.17) is 10.2 Å². The molecule has 0 spiro atoms. The minimum Gasteiger partial charge on any atom is -0.395 e. The lowest BCUT2D eigenvalue weighted by molar-refractivity contribution is -0.388. The Bertz CT molecular complexity index is 835. The van der Waals surface area contributed by atoms with Crippen molar-refractivity contribution in [2.75, 3.05) is 31.2 Å². The van der Waals surface area contributed by atoms with Crippen molar-refractivity contribution in [3.8, 4) is 0 Å². The van der Waals surface area contributed by atoms with Gasteiger partial charge in [-0.25, -0.2) is 0 Å². The van der Waals surface area contributed by atoms with E-state index in [1.165, 1.54) is 0 Å². The third-order valence-corrected chi connectivity index (χ3v) is 3.72. The van der Waals surface area contributed by atoms with Gasteiger partial charge >= 0.3 is 6.18 Å². The van der Waals surface area contributed by atoms with E-state index in [1.807, 2.05) is 0 Å². The maximum atomic E-state index is 13.0. The first-order valence-corrected chi connectivity index (χ1v) is 8.10. The summed E-state index contributed by atoms with van der Waals surface area (Å²) in [7, 11) is 0. The highest BCUT2D eigenvalue weighted by atomic mass is 19.4. The molecule has 0 saturated heterocycles. The molecule has 0 amide bonds. The first-order chi connectivity index (χ1) is 13.3. The maximum Gasteiger partial charge on any atom is 0.423 e. The number of azo groups is 1. The lowest BCUT2D eigenvalue weighted by atomic mass is 10.1. The summed E-state index contributed by atoms with van der Waals surface area (Å²) in [5.74, 6) is 0. The van der Waals surface area contributed by atoms with Crippen LogP contribution < -0.4 is 4.90 Å². The molecule has 0 heterocycles. The number of nitro benzene ring substituents is 1. The van der Waals surface area contributed by atoms with E-state index in [9.17, 15) is 23.3 Å². The van der Waals surface area contributed by atoms with Crippen LogP contribution in [0.25, 0.3) is 0 Å². The van der Waals surface area contributed by atoms with Crippen LogP contribution in [0.4, 0.5) is 35.9 Å². The van der Waals surface area contributed by atoms with Gasteiger partial charge in [-0.1, -0.05) is 0 Å². The average molecular weight is 398 g/mol. The number of hydrogen-bond donors (Lipinski definition) is 2. The maximum absolute atomic E-state index is 13.0. The molecular formula is C17H17F3N4O4. The summed E-state index contributed by atoms with van der Waals surface area (Å²) in [4.78, 5) is 11.4. The molecule has 0 fully saturated rings. The second-order valence-electron chi connectivity index (χ2n) is 5.61. The first-order valence-electron chi connectivity index (χ1n) is 8.10.